The average Bonchev–Trinajstić information content (AvgIpc) is 3.04. The molecule has 24 heavy (non-hydrogen) atoms. The van der Waals surface area contributed by atoms with E-state index in [0.717, 1.165) is 0 Å². The van der Waals surface area contributed by atoms with E-state index in [9.17, 15) is 4.79 Å². The molecule has 2 aromatic rings. The molecule has 1 aliphatic heterocycles. The van der Waals surface area contributed by atoms with Crippen LogP contribution in [0.4, 0.5) is 0 Å². The number of fused-ring (bicyclic) bond motifs is 1. The summed E-state index contributed by atoms with van der Waals surface area (Å²) in [6.07, 6.45) is 0. The van der Waals surface area contributed by atoms with E-state index in [-0.39, 0.29) is 6.79 Å². The number of esters is 1. The molecule has 0 fully saturated rings. The topological polar surface area (TPSA) is 63.2 Å². The Labute approximate surface area is 139 Å². The molecule has 0 aliphatic carbocycles. The molecular formula is C18H18O6. The zero-order valence-electron chi connectivity index (χ0n) is 13.5. The average molecular weight is 330 g/mol. The van der Waals surface area contributed by atoms with Crippen LogP contribution < -0.4 is 23.7 Å². The molecule has 2 aromatic carbocycles. The van der Waals surface area contributed by atoms with Crippen molar-refractivity contribution in [2.24, 2.45) is 0 Å². The van der Waals surface area contributed by atoms with Crippen LogP contribution >= 0.6 is 0 Å². The fourth-order valence-electron chi connectivity index (χ4n) is 2.28. The standard InChI is InChI=1S/C18H18O6/c1-3-20-14-7-5-12(9-16(14)21-4-2)18(19)24-13-6-8-15-17(10-13)23-11-22-15/h5-10H,3-4,11H2,1-2H3. The van der Waals surface area contributed by atoms with Crippen molar-refractivity contribution in [3.8, 4) is 28.7 Å². The van der Waals surface area contributed by atoms with E-state index >= 15 is 0 Å². The minimum atomic E-state index is -0.488. The fourth-order valence-corrected chi connectivity index (χ4v) is 2.28. The number of ether oxygens (including phenoxy) is 5. The highest BCUT2D eigenvalue weighted by Gasteiger charge is 2.17. The SMILES string of the molecule is CCOc1ccc(C(=O)Oc2ccc3c(c2)OCO3)cc1OCC. The highest BCUT2D eigenvalue weighted by Crippen LogP contribution is 2.35. The molecule has 0 bridgehead atoms. The molecule has 0 N–H and O–H groups in total. The molecule has 126 valence electrons. The Morgan fingerprint density at radius 2 is 1.71 bits per heavy atom. The third kappa shape index (κ3) is 3.37. The minimum Gasteiger partial charge on any atom is -0.490 e. The Bertz CT molecular complexity index is 740. The number of benzene rings is 2. The minimum absolute atomic E-state index is 0.170. The Kier molecular flexibility index (Phi) is 4.74. The van der Waals surface area contributed by atoms with Crippen LogP contribution in [-0.2, 0) is 0 Å². The van der Waals surface area contributed by atoms with Gasteiger partial charge in [0.15, 0.2) is 23.0 Å². The summed E-state index contributed by atoms with van der Waals surface area (Å²) < 4.78 is 26.9. The molecule has 0 radical (unpaired) electrons. The van der Waals surface area contributed by atoms with Crippen molar-refractivity contribution in [3.05, 3.63) is 42.0 Å². The maximum Gasteiger partial charge on any atom is 0.343 e. The molecule has 0 atom stereocenters. The van der Waals surface area contributed by atoms with Crippen LogP contribution in [0.25, 0.3) is 0 Å². The Morgan fingerprint density at radius 1 is 0.958 bits per heavy atom. The number of rotatable bonds is 6. The van der Waals surface area contributed by atoms with E-state index in [1.807, 2.05) is 13.8 Å². The van der Waals surface area contributed by atoms with Crippen LogP contribution in [0, 0.1) is 0 Å². The molecule has 0 aromatic heterocycles. The van der Waals surface area contributed by atoms with E-state index in [0.29, 0.717) is 47.5 Å². The second-order valence-electron chi connectivity index (χ2n) is 4.93. The molecule has 0 amide bonds. The molecule has 0 unspecified atom stereocenters. The van der Waals surface area contributed by atoms with E-state index < -0.39 is 5.97 Å². The monoisotopic (exact) mass is 330 g/mol. The Morgan fingerprint density at radius 3 is 2.50 bits per heavy atom. The summed E-state index contributed by atoms with van der Waals surface area (Å²) >= 11 is 0. The predicted molar refractivity (Wildman–Crippen MR) is 86.3 cm³/mol. The quantitative estimate of drug-likeness (QED) is 0.597. The molecular weight excluding hydrogens is 312 g/mol. The van der Waals surface area contributed by atoms with Gasteiger partial charge in [-0.1, -0.05) is 0 Å². The van der Waals surface area contributed by atoms with E-state index in [4.69, 9.17) is 23.7 Å². The zero-order valence-corrected chi connectivity index (χ0v) is 13.5. The molecule has 1 heterocycles. The summed E-state index contributed by atoms with van der Waals surface area (Å²) in [4.78, 5) is 12.3. The molecule has 6 heteroatoms. The van der Waals surface area contributed by atoms with E-state index in [1.165, 1.54) is 0 Å². The van der Waals surface area contributed by atoms with Crippen molar-refractivity contribution in [1.29, 1.82) is 0 Å². The summed E-state index contributed by atoms with van der Waals surface area (Å²) in [5.74, 6) is 2.20. The number of hydrogen-bond acceptors (Lipinski definition) is 6. The summed E-state index contributed by atoms with van der Waals surface area (Å²) in [5, 5.41) is 0. The van der Waals surface area contributed by atoms with Gasteiger partial charge < -0.3 is 23.7 Å². The summed E-state index contributed by atoms with van der Waals surface area (Å²) in [6, 6.07) is 9.94. The summed E-state index contributed by atoms with van der Waals surface area (Å²) in [6.45, 7) is 4.91. The van der Waals surface area contributed by atoms with Crippen molar-refractivity contribution in [2.75, 3.05) is 20.0 Å². The second-order valence-corrected chi connectivity index (χ2v) is 4.93. The van der Waals surface area contributed by atoms with E-state index in [1.54, 1.807) is 36.4 Å². The van der Waals surface area contributed by atoms with Gasteiger partial charge in [-0.3, -0.25) is 0 Å². The van der Waals surface area contributed by atoms with Crippen LogP contribution in [0.2, 0.25) is 0 Å². The van der Waals surface area contributed by atoms with Gasteiger partial charge in [0.05, 0.1) is 18.8 Å². The lowest BCUT2D eigenvalue weighted by atomic mass is 10.2. The van der Waals surface area contributed by atoms with Crippen molar-refractivity contribution in [2.45, 2.75) is 13.8 Å². The number of carbonyl (C=O) groups is 1. The first kappa shape index (κ1) is 16.0. The molecule has 0 saturated heterocycles. The maximum absolute atomic E-state index is 12.3. The van der Waals surface area contributed by atoms with Gasteiger partial charge in [0.1, 0.15) is 5.75 Å². The molecule has 0 spiro atoms. The Balaban J connectivity index is 1.78. The van der Waals surface area contributed by atoms with Crippen molar-refractivity contribution in [3.63, 3.8) is 0 Å². The smallest absolute Gasteiger partial charge is 0.343 e. The molecule has 3 rings (SSSR count). The lowest BCUT2D eigenvalue weighted by Gasteiger charge is -2.12. The van der Waals surface area contributed by atoms with Gasteiger partial charge in [-0.25, -0.2) is 4.79 Å². The highest BCUT2D eigenvalue weighted by molar-refractivity contribution is 5.92. The van der Waals surface area contributed by atoms with Gasteiger partial charge in [-0.2, -0.15) is 0 Å². The van der Waals surface area contributed by atoms with Crippen LogP contribution in [0.15, 0.2) is 36.4 Å². The molecule has 6 nitrogen and oxygen atoms in total. The van der Waals surface area contributed by atoms with Crippen LogP contribution in [0.3, 0.4) is 0 Å². The van der Waals surface area contributed by atoms with Crippen molar-refractivity contribution >= 4 is 5.97 Å². The first-order valence-electron chi connectivity index (χ1n) is 7.72. The van der Waals surface area contributed by atoms with Crippen LogP contribution in [0.5, 0.6) is 28.7 Å². The first-order chi connectivity index (χ1) is 11.7. The molecule has 0 saturated carbocycles. The van der Waals surface area contributed by atoms with Gasteiger partial charge in [0.25, 0.3) is 0 Å². The largest absolute Gasteiger partial charge is 0.490 e. The second kappa shape index (κ2) is 7.12. The molecule has 1 aliphatic rings. The van der Waals surface area contributed by atoms with Gasteiger partial charge in [0.2, 0.25) is 6.79 Å². The van der Waals surface area contributed by atoms with Gasteiger partial charge >= 0.3 is 5.97 Å². The van der Waals surface area contributed by atoms with Crippen molar-refractivity contribution in [1.82, 2.24) is 0 Å². The predicted octanol–water partition coefficient (Wildman–Crippen LogP) is 3.43. The normalized spacial score (nSPS) is 11.9. The van der Waals surface area contributed by atoms with E-state index in [2.05, 4.69) is 0 Å². The third-order valence-corrected chi connectivity index (χ3v) is 3.33. The number of carbonyl (C=O) groups excluding carboxylic acids is 1. The Hall–Kier alpha value is -2.89. The van der Waals surface area contributed by atoms with Crippen LogP contribution in [0.1, 0.15) is 24.2 Å². The summed E-state index contributed by atoms with van der Waals surface area (Å²) in [7, 11) is 0. The zero-order chi connectivity index (χ0) is 16.9. The fraction of sp³-hybridized carbons (Fsp3) is 0.278. The van der Waals surface area contributed by atoms with Crippen molar-refractivity contribution < 1.29 is 28.5 Å². The first-order valence-corrected chi connectivity index (χ1v) is 7.72. The summed E-state index contributed by atoms with van der Waals surface area (Å²) in [5.41, 5.74) is 0.375. The highest BCUT2D eigenvalue weighted by atomic mass is 16.7. The maximum atomic E-state index is 12.3. The lowest BCUT2D eigenvalue weighted by Crippen LogP contribution is -2.09. The number of hydrogen-bond donors (Lipinski definition) is 0. The van der Waals surface area contributed by atoms with Gasteiger partial charge in [0, 0.05) is 6.07 Å². The van der Waals surface area contributed by atoms with Gasteiger partial charge in [-0.15, -0.1) is 0 Å². The lowest BCUT2D eigenvalue weighted by molar-refractivity contribution is 0.0734. The van der Waals surface area contributed by atoms with Crippen LogP contribution in [-0.4, -0.2) is 26.0 Å². The van der Waals surface area contributed by atoms with Gasteiger partial charge in [-0.05, 0) is 44.2 Å². The third-order valence-electron chi connectivity index (χ3n) is 3.33.